The Balaban J connectivity index is 4.16. The van der Waals surface area contributed by atoms with E-state index in [1.807, 2.05) is 0 Å². The lowest BCUT2D eigenvalue weighted by Crippen LogP contribution is -2.69. The van der Waals surface area contributed by atoms with E-state index in [0.29, 0.717) is 0 Å². The van der Waals surface area contributed by atoms with Gasteiger partial charge in [0.1, 0.15) is 0 Å². The SMILES string of the molecule is CCCCN(CC)[Si](C)(NC)NC. The van der Waals surface area contributed by atoms with E-state index in [-0.39, 0.29) is 0 Å². The van der Waals surface area contributed by atoms with E-state index >= 15 is 0 Å². The zero-order valence-corrected chi connectivity index (χ0v) is 10.8. The fourth-order valence-corrected chi connectivity index (χ4v) is 3.61. The minimum absolute atomic E-state index is 1.13. The minimum Gasteiger partial charge on any atom is -0.316 e. The van der Waals surface area contributed by atoms with Crippen molar-refractivity contribution in [2.75, 3.05) is 27.2 Å². The Morgan fingerprint density at radius 1 is 1.15 bits per heavy atom. The molecule has 0 amide bonds. The highest BCUT2D eigenvalue weighted by atomic mass is 28.4. The summed E-state index contributed by atoms with van der Waals surface area (Å²) in [4.78, 5) is 6.88. The predicted octanol–water partition coefficient (Wildman–Crippen LogP) is 1.12. The Bertz CT molecular complexity index is 126. The van der Waals surface area contributed by atoms with Gasteiger partial charge in [0.2, 0.25) is 0 Å². The molecule has 0 heterocycles. The first-order valence-electron chi connectivity index (χ1n) is 5.27. The quantitative estimate of drug-likeness (QED) is 0.607. The molecule has 3 nitrogen and oxygen atoms in total. The van der Waals surface area contributed by atoms with E-state index in [1.165, 1.54) is 19.4 Å². The number of hydrogen-bond acceptors (Lipinski definition) is 3. The lowest BCUT2D eigenvalue weighted by atomic mass is 10.3. The summed E-state index contributed by atoms with van der Waals surface area (Å²) >= 11 is 0. The Morgan fingerprint density at radius 3 is 2.00 bits per heavy atom. The highest BCUT2D eigenvalue weighted by molar-refractivity contribution is 6.70. The molecule has 0 atom stereocenters. The summed E-state index contributed by atoms with van der Waals surface area (Å²) in [7, 11) is 2.58. The van der Waals surface area contributed by atoms with Crippen molar-refractivity contribution in [3.63, 3.8) is 0 Å². The second kappa shape index (κ2) is 6.54. The molecule has 0 rings (SSSR count). The van der Waals surface area contributed by atoms with Gasteiger partial charge in [-0.2, -0.15) is 0 Å². The van der Waals surface area contributed by atoms with Crippen LogP contribution in [-0.4, -0.2) is 40.3 Å². The summed E-state index contributed by atoms with van der Waals surface area (Å²) < 4.78 is 2.55. The third-order valence-electron chi connectivity index (χ3n) is 2.77. The molecule has 13 heavy (non-hydrogen) atoms. The highest BCUT2D eigenvalue weighted by Gasteiger charge is 2.30. The van der Waals surface area contributed by atoms with Gasteiger partial charge in [0.15, 0.2) is 0 Å². The van der Waals surface area contributed by atoms with Crippen LogP contribution in [0.4, 0.5) is 0 Å². The van der Waals surface area contributed by atoms with Crippen LogP contribution in [0.25, 0.3) is 0 Å². The van der Waals surface area contributed by atoms with Gasteiger partial charge in [0.05, 0.1) is 0 Å². The maximum Gasteiger partial charge on any atom is 0.280 e. The number of rotatable bonds is 7. The van der Waals surface area contributed by atoms with Crippen LogP contribution in [0.15, 0.2) is 0 Å². The van der Waals surface area contributed by atoms with Crippen LogP contribution in [0.5, 0.6) is 0 Å². The summed E-state index contributed by atoms with van der Waals surface area (Å²) in [6.07, 6.45) is 2.56. The Hall–Kier alpha value is 0.0969. The molecule has 0 aliphatic rings. The van der Waals surface area contributed by atoms with Gasteiger partial charge < -0.3 is 14.5 Å². The van der Waals surface area contributed by atoms with E-state index in [0.717, 1.165) is 6.54 Å². The van der Waals surface area contributed by atoms with Crippen molar-refractivity contribution in [2.45, 2.75) is 33.2 Å². The molecule has 80 valence electrons. The molecule has 0 aliphatic heterocycles. The van der Waals surface area contributed by atoms with Crippen molar-refractivity contribution < 1.29 is 0 Å². The van der Waals surface area contributed by atoms with Crippen molar-refractivity contribution in [2.24, 2.45) is 0 Å². The van der Waals surface area contributed by atoms with Gasteiger partial charge >= 0.3 is 0 Å². The van der Waals surface area contributed by atoms with Crippen LogP contribution in [-0.2, 0) is 0 Å². The first-order chi connectivity index (χ1) is 6.14. The zero-order chi connectivity index (χ0) is 10.3. The van der Waals surface area contributed by atoms with Crippen LogP contribution in [0.2, 0.25) is 6.55 Å². The van der Waals surface area contributed by atoms with Gasteiger partial charge in [-0.05, 0) is 40.2 Å². The van der Waals surface area contributed by atoms with Gasteiger partial charge in [-0.25, -0.2) is 0 Å². The van der Waals surface area contributed by atoms with Crippen molar-refractivity contribution in [1.29, 1.82) is 0 Å². The van der Waals surface area contributed by atoms with Crippen molar-refractivity contribution >= 4 is 8.56 Å². The molecule has 0 bridgehead atoms. The predicted molar refractivity (Wildman–Crippen MR) is 61.9 cm³/mol. The molecular formula is C9H25N3Si. The third-order valence-corrected chi connectivity index (χ3v) is 6.52. The van der Waals surface area contributed by atoms with Gasteiger partial charge in [-0.15, -0.1) is 0 Å². The first-order valence-corrected chi connectivity index (χ1v) is 7.72. The maximum atomic E-state index is 3.44. The molecule has 0 radical (unpaired) electrons. The van der Waals surface area contributed by atoms with Crippen molar-refractivity contribution in [3.8, 4) is 0 Å². The first kappa shape index (κ1) is 13.1. The summed E-state index contributed by atoms with van der Waals surface area (Å²) in [5.41, 5.74) is 0. The molecule has 0 aromatic heterocycles. The fourth-order valence-electron chi connectivity index (χ4n) is 1.49. The van der Waals surface area contributed by atoms with Crippen LogP contribution in [0, 0.1) is 0 Å². The Labute approximate surface area is 84.1 Å². The van der Waals surface area contributed by atoms with E-state index in [4.69, 9.17) is 0 Å². The zero-order valence-electron chi connectivity index (χ0n) is 9.78. The molecule has 0 unspecified atom stereocenters. The lowest BCUT2D eigenvalue weighted by Gasteiger charge is -2.37. The van der Waals surface area contributed by atoms with Gasteiger partial charge in [-0.3, -0.25) is 0 Å². The summed E-state index contributed by atoms with van der Waals surface area (Å²) in [5.74, 6) is 0. The summed E-state index contributed by atoms with van der Waals surface area (Å²) in [6.45, 7) is 9.12. The number of nitrogens with zero attached hydrogens (tertiary/aromatic N) is 1. The molecule has 0 spiro atoms. The van der Waals surface area contributed by atoms with Crippen molar-refractivity contribution in [3.05, 3.63) is 0 Å². The molecule has 0 aromatic rings. The second-order valence-corrected chi connectivity index (χ2v) is 7.28. The van der Waals surface area contributed by atoms with Gasteiger partial charge in [-0.1, -0.05) is 20.3 Å². The van der Waals surface area contributed by atoms with Crippen molar-refractivity contribution in [1.82, 2.24) is 14.5 Å². The van der Waals surface area contributed by atoms with Crippen LogP contribution < -0.4 is 9.96 Å². The standard InChI is InChI=1S/C9H25N3Si/c1-6-8-9-12(7-2)13(5,10-3)11-4/h10-11H,6-9H2,1-5H3. The summed E-state index contributed by atoms with van der Waals surface area (Å²) in [5, 5.41) is 0. The summed E-state index contributed by atoms with van der Waals surface area (Å²) in [6, 6.07) is 0. The van der Waals surface area contributed by atoms with Crippen LogP contribution >= 0.6 is 0 Å². The fraction of sp³-hybridized carbons (Fsp3) is 1.00. The molecule has 0 saturated carbocycles. The van der Waals surface area contributed by atoms with Gasteiger partial charge in [0.25, 0.3) is 8.56 Å². The lowest BCUT2D eigenvalue weighted by molar-refractivity contribution is 0.411. The largest absolute Gasteiger partial charge is 0.316 e. The third kappa shape index (κ3) is 3.77. The molecule has 0 aliphatic carbocycles. The Kier molecular flexibility index (Phi) is 6.58. The second-order valence-electron chi connectivity index (χ2n) is 3.51. The number of nitrogens with one attached hydrogen (secondary N) is 2. The molecular weight excluding hydrogens is 178 g/mol. The monoisotopic (exact) mass is 203 g/mol. The smallest absolute Gasteiger partial charge is 0.280 e. The topological polar surface area (TPSA) is 27.3 Å². The minimum atomic E-state index is -1.53. The van der Waals surface area contributed by atoms with Crippen LogP contribution in [0.1, 0.15) is 26.7 Å². The number of unbranched alkanes of at least 4 members (excludes halogenated alkanes) is 1. The average Bonchev–Trinajstić information content (AvgIpc) is 2.18. The van der Waals surface area contributed by atoms with E-state index in [9.17, 15) is 0 Å². The van der Waals surface area contributed by atoms with E-state index in [1.54, 1.807) is 0 Å². The maximum absolute atomic E-state index is 3.44. The van der Waals surface area contributed by atoms with E-state index in [2.05, 4.69) is 49.0 Å². The molecule has 0 aromatic carbocycles. The molecule has 2 N–H and O–H groups in total. The average molecular weight is 203 g/mol. The normalized spacial score (nSPS) is 12.5. The number of hydrogen-bond donors (Lipinski definition) is 2. The molecule has 4 heteroatoms. The molecule has 0 saturated heterocycles. The van der Waals surface area contributed by atoms with E-state index < -0.39 is 8.56 Å². The Morgan fingerprint density at radius 2 is 1.69 bits per heavy atom. The highest BCUT2D eigenvalue weighted by Crippen LogP contribution is 2.03. The van der Waals surface area contributed by atoms with Gasteiger partial charge in [0, 0.05) is 0 Å². The van der Waals surface area contributed by atoms with Crippen LogP contribution in [0.3, 0.4) is 0 Å². The molecule has 0 fully saturated rings.